The van der Waals surface area contributed by atoms with Gasteiger partial charge in [-0.05, 0) is 37.0 Å². The van der Waals surface area contributed by atoms with Gasteiger partial charge in [-0.1, -0.05) is 6.07 Å². The van der Waals surface area contributed by atoms with Crippen LogP contribution in [0.1, 0.15) is 46.1 Å². The van der Waals surface area contributed by atoms with Crippen molar-refractivity contribution < 1.29 is 9.21 Å². The van der Waals surface area contributed by atoms with Crippen LogP contribution in [0.15, 0.2) is 35.1 Å². The third-order valence-electron chi connectivity index (χ3n) is 3.40. The molecule has 0 spiro atoms. The van der Waals surface area contributed by atoms with Crippen molar-refractivity contribution in [1.82, 2.24) is 4.98 Å². The molecule has 0 aromatic carbocycles. The number of fused-ring (bicyclic) bond motifs is 1. The van der Waals surface area contributed by atoms with Crippen molar-refractivity contribution in [1.29, 1.82) is 0 Å². The second kappa shape index (κ2) is 4.17. The number of hydrogen-bond donors (Lipinski definition) is 0. The Kier molecular flexibility index (Phi) is 2.52. The molecule has 0 radical (unpaired) electrons. The van der Waals surface area contributed by atoms with E-state index in [9.17, 15) is 4.79 Å². The summed E-state index contributed by atoms with van der Waals surface area (Å²) in [5.74, 6) is 0.646. The minimum Gasteiger partial charge on any atom is -0.461 e. The van der Waals surface area contributed by atoms with E-state index in [2.05, 4.69) is 11.1 Å². The third kappa shape index (κ3) is 1.68. The molecule has 0 saturated heterocycles. The highest BCUT2D eigenvalue weighted by atomic mass is 16.3. The van der Waals surface area contributed by atoms with Gasteiger partial charge in [-0.25, -0.2) is 0 Å². The zero-order valence-corrected chi connectivity index (χ0v) is 9.43. The average Bonchev–Trinajstić information content (AvgIpc) is 2.86. The van der Waals surface area contributed by atoms with Crippen molar-refractivity contribution in [3.8, 4) is 0 Å². The number of carbonyl (C=O) groups is 1. The maximum atomic E-state index is 10.9. The van der Waals surface area contributed by atoms with Crippen LogP contribution in [0.4, 0.5) is 0 Å². The summed E-state index contributed by atoms with van der Waals surface area (Å²) in [6.07, 6.45) is 7.42. The fourth-order valence-corrected chi connectivity index (χ4v) is 2.63. The average molecular weight is 227 g/mol. The van der Waals surface area contributed by atoms with Crippen LogP contribution in [0.2, 0.25) is 0 Å². The van der Waals surface area contributed by atoms with E-state index >= 15 is 0 Å². The number of pyridine rings is 1. The number of rotatable bonds is 2. The zero-order valence-electron chi connectivity index (χ0n) is 9.43. The first-order valence-corrected chi connectivity index (χ1v) is 5.86. The van der Waals surface area contributed by atoms with Gasteiger partial charge in [0.2, 0.25) is 0 Å². The molecule has 3 rings (SSSR count). The molecule has 17 heavy (non-hydrogen) atoms. The quantitative estimate of drug-likeness (QED) is 0.741. The molecule has 2 aromatic heterocycles. The first-order chi connectivity index (χ1) is 8.40. The Balaban J connectivity index is 2.09. The van der Waals surface area contributed by atoms with E-state index in [1.165, 1.54) is 5.56 Å². The summed E-state index contributed by atoms with van der Waals surface area (Å²) in [4.78, 5) is 15.4. The molecule has 2 heterocycles. The first kappa shape index (κ1) is 10.3. The smallest absolute Gasteiger partial charge is 0.185 e. The van der Waals surface area contributed by atoms with Gasteiger partial charge < -0.3 is 4.42 Å². The summed E-state index contributed by atoms with van der Waals surface area (Å²) in [6.45, 7) is 0. The molecule has 0 amide bonds. The van der Waals surface area contributed by atoms with Crippen molar-refractivity contribution >= 4 is 6.29 Å². The number of aryl methyl sites for hydroxylation is 1. The van der Waals surface area contributed by atoms with Gasteiger partial charge in [0, 0.05) is 17.7 Å². The minimum absolute atomic E-state index is 0.207. The molecule has 1 aliphatic rings. The maximum absolute atomic E-state index is 10.9. The van der Waals surface area contributed by atoms with E-state index in [-0.39, 0.29) is 5.92 Å². The summed E-state index contributed by atoms with van der Waals surface area (Å²) in [6, 6.07) is 5.98. The Morgan fingerprint density at radius 1 is 1.41 bits per heavy atom. The van der Waals surface area contributed by atoms with Crippen LogP contribution in [-0.2, 0) is 6.42 Å². The lowest BCUT2D eigenvalue weighted by atomic mass is 9.82. The predicted molar refractivity (Wildman–Crippen MR) is 63.1 cm³/mol. The normalized spacial score (nSPS) is 18.7. The maximum Gasteiger partial charge on any atom is 0.185 e. The van der Waals surface area contributed by atoms with E-state index in [1.807, 2.05) is 18.3 Å². The lowest BCUT2D eigenvalue weighted by Crippen LogP contribution is -2.13. The van der Waals surface area contributed by atoms with Gasteiger partial charge in [-0.15, -0.1) is 0 Å². The molecule has 0 N–H and O–H groups in total. The standard InChI is InChI=1S/C14H13NO2/c16-9-13-11(6-8-17-13)12-5-1-3-10-4-2-7-15-14(10)12/h2,4,6-9,12H,1,3,5H2. The van der Waals surface area contributed by atoms with Crippen LogP contribution < -0.4 is 0 Å². The molecule has 86 valence electrons. The van der Waals surface area contributed by atoms with Gasteiger partial charge in [0.05, 0.1) is 12.0 Å². The number of aldehydes is 1. The van der Waals surface area contributed by atoms with E-state index in [0.717, 1.165) is 36.8 Å². The van der Waals surface area contributed by atoms with Gasteiger partial charge >= 0.3 is 0 Å². The number of furan rings is 1. The third-order valence-corrected chi connectivity index (χ3v) is 3.40. The highest BCUT2D eigenvalue weighted by Gasteiger charge is 2.26. The van der Waals surface area contributed by atoms with E-state index in [4.69, 9.17) is 4.42 Å². The Morgan fingerprint density at radius 2 is 2.35 bits per heavy atom. The van der Waals surface area contributed by atoms with Gasteiger partial charge in [-0.3, -0.25) is 9.78 Å². The highest BCUT2D eigenvalue weighted by Crippen LogP contribution is 2.36. The van der Waals surface area contributed by atoms with Gasteiger partial charge in [0.25, 0.3) is 0 Å². The molecule has 1 unspecified atom stereocenters. The largest absolute Gasteiger partial charge is 0.461 e. The molecule has 1 atom stereocenters. The summed E-state index contributed by atoms with van der Waals surface area (Å²) >= 11 is 0. The van der Waals surface area contributed by atoms with Crippen LogP contribution >= 0.6 is 0 Å². The summed E-state index contributed by atoms with van der Waals surface area (Å²) < 4.78 is 5.19. The summed E-state index contributed by atoms with van der Waals surface area (Å²) in [5, 5.41) is 0. The van der Waals surface area contributed by atoms with Crippen molar-refractivity contribution in [3.63, 3.8) is 0 Å². The number of nitrogens with zero attached hydrogens (tertiary/aromatic N) is 1. The fraction of sp³-hybridized carbons (Fsp3) is 0.286. The number of aromatic nitrogens is 1. The molecular weight excluding hydrogens is 214 g/mol. The van der Waals surface area contributed by atoms with Crippen molar-refractivity contribution in [2.75, 3.05) is 0 Å². The van der Waals surface area contributed by atoms with E-state index in [0.29, 0.717) is 5.76 Å². The summed E-state index contributed by atoms with van der Waals surface area (Å²) in [7, 11) is 0. The van der Waals surface area contributed by atoms with Crippen LogP contribution in [0, 0.1) is 0 Å². The topological polar surface area (TPSA) is 43.1 Å². The Morgan fingerprint density at radius 3 is 3.24 bits per heavy atom. The molecular formula is C14H13NO2. The van der Waals surface area contributed by atoms with Crippen molar-refractivity contribution in [2.45, 2.75) is 25.2 Å². The summed E-state index contributed by atoms with van der Waals surface area (Å²) in [5.41, 5.74) is 3.37. The molecule has 0 bridgehead atoms. The van der Waals surface area contributed by atoms with Crippen LogP contribution in [0.3, 0.4) is 0 Å². The van der Waals surface area contributed by atoms with Crippen LogP contribution in [0.25, 0.3) is 0 Å². The molecule has 0 saturated carbocycles. The molecule has 0 fully saturated rings. The predicted octanol–water partition coefficient (Wildman–Crippen LogP) is 2.96. The molecule has 2 aromatic rings. The second-order valence-corrected chi connectivity index (χ2v) is 4.35. The zero-order chi connectivity index (χ0) is 11.7. The minimum atomic E-state index is 0.207. The van der Waals surface area contributed by atoms with Gasteiger partial charge in [0.15, 0.2) is 12.0 Å². The fourth-order valence-electron chi connectivity index (χ4n) is 2.63. The number of hydrogen-bond acceptors (Lipinski definition) is 3. The lowest BCUT2D eigenvalue weighted by molar-refractivity contribution is 0.109. The van der Waals surface area contributed by atoms with Gasteiger partial charge in [0.1, 0.15) is 0 Å². The molecule has 3 nitrogen and oxygen atoms in total. The highest BCUT2D eigenvalue weighted by molar-refractivity contribution is 5.73. The first-order valence-electron chi connectivity index (χ1n) is 5.86. The van der Waals surface area contributed by atoms with Gasteiger partial charge in [-0.2, -0.15) is 0 Å². The SMILES string of the molecule is O=Cc1occc1C1CCCc2cccnc21. The van der Waals surface area contributed by atoms with E-state index < -0.39 is 0 Å². The Bertz CT molecular complexity index is 545. The lowest BCUT2D eigenvalue weighted by Gasteiger charge is -2.23. The van der Waals surface area contributed by atoms with Crippen molar-refractivity contribution in [3.05, 3.63) is 53.2 Å². The van der Waals surface area contributed by atoms with Crippen molar-refractivity contribution in [2.24, 2.45) is 0 Å². The van der Waals surface area contributed by atoms with E-state index in [1.54, 1.807) is 6.26 Å². The molecule has 0 aliphatic heterocycles. The van der Waals surface area contributed by atoms with Crippen LogP contribution in [0.5, 0.6) is 0 Å². The Labute approximate surface area is 99.5 Å². The van der Waals surface area contributed by atoms with Crippen LogP contribution in [-0.4, -0.2) is 11.3 Å². The second-order valence-electron chi connectivity index (χ2n) is 4.35. The Hall–Kier alpha value is -1.90. The molecule has 3 heteroatoms. The monoisotopic (exact) mass is 227 g/mol. The number of carbonyl (C=O) groups excluding carboxylic acids is 1. The molecule has 1 aliphatic carbocycles.